The zero-order valence-corrected chi connectivity index (χ0v) is 12.4. The van der Waals surface area contributed by atoms with Crippen molar-refractivity contribution in [1.29, 1.82) is 0 Å². The van der Waals surface area contributed by atoms with E-state index in [2.05, 4.69) is 19.2 Å². The molecule has 1 aliphatic carbocycles. The number of rotatable bonds is 3. The van der Waals surface area contributed by atoms with E-state index in [1.54, 1.807) is 0 Å². The van der Waals surface area contributed by atoms with E-state index in [9.17, 15) is 8.78 Å². The Morgan fingerprint density at radius 1 is 1.21 bits per heavy atom. The summed E-state index contributed by atoms with van der Waals surface area (Å²) in [5.74, 6) is 0.476. The first-order chi connectivity index (χ1) is 9.01. The number of benzene rings is 1. The molecule has 4 heteroatoms. The van der Waals surface area contributed by atoms with E-state index in [0.717, 1.165) is 12.8 Å². The molecule has 1 saturated carbocycles. The summed E-state index contributed by atoms with van der Waals surface area (Å²) in [6.45, 7) is 4.46. The standard InChI is InChI=1S/C15H21F2NS/c1-9-6-10(2)15(13(7-9)18-3)19-14-8-11(16)4-5-12(14)17/h4-5,8-10,13,15,18H,6-7H2,1-3H3. The van der Waals surface area contributed by atoms with Crippen LogP contribution in [0.25, 0.3) is 0 Å². The minimum Gasteiger partial charge on any atom is -0.316 e. The lowest BCUT2D eigenvalue weighted by atomic mass is 9.80. The van der Waals surface area contributed by atoms with E-state index in [4.69, 9.17) is 0 Å². The largest absolute Gasteiger partial charge is 0.316 e. The Bertz CT molecular complexity index is 438. The van der Waals surface area contributed by atoms with Gasteiger partial charge in [-0.1, -0.05) is 13.8 Å². The van der Waals surface area contributed by atoms with E-state index in [1.807, 2.05) is 7.05 Å². The predicted molar refractivity (Wildman–Crippen MR) is 76.4 cm³/mol. The Balaban J connectivity index is 2.17. The van der Waals surface area contributed by atoms with Crippen molar-refractivity contribution in [2.24, 2.45) is 11.8 Å². The summed E-state index contributed by atoms with van der Waals surface area (Å²) in [6, 6.07) is 4.03. The molecule has 1 nitrogen and oxygen atoms in total. The Labute approximate surface area is 118 Å². The van der Waals surface area contributed by atoms with Crippen LogP contribution in [0.15, 0.2) is 23.1 Å². The maximum Gasteiger partial charge on any atom is 0.136 e. The highest BCUT2D eigenvalue weighted by atomic mass is 32.2. The first kappa shape index (κ1) is 14.8. The summed E-state index contributed by atoms with van der Waals surface area (Å²) >= 11 is 1.47. The summed E-state index contributed by atoms with van der Waals surface area (Å²) in [4.78, 5) is 0.423. The van der Waals surface area contributed by atoms with Crippen LogP contribution in [0.1, 0.15) is 26.7 Å². The molecule has 0 aromatic heterocycles. The third-order valence-electron chi connectivity index (χ3n) is 3.91. The predicted octanol–water partition coefficient (Wildman–Crippen LogP) is 4.08. The van der Waals surface area contributed by atoms with Gasteiger partial charge < -0.3 is 5.32 Å². The smallest absolute Gasteiger partial charge is 0.136 e. The van der Waals surface area contributed by atoms with Crippen molar-refractivity contribution < 1.29 is 8.78 Å². The van der Waals surface area contributed by atoms with Crippen molar-refractivity contribution in [3.8, 4) is 0 Å². The van der Waals surface area contributed by atoms with Gasteiger partial charge in [-0.05, 0) is 49.9 Å². The van der Waals surface area contributed by atoms with Crippen molar-refractivity contribution in [2.75, 3.05) is 7.05 Å². The van der Waals surface area contributed by atoms with E-state index in [0.29, 0.717) is 22.8 Å². The van der Waals surface area contributed by atoms with E-state index in [1.165, 1.54) is 30.0 Å². The van der Waals surface area contributed by atoms with Crippen LogP contribution in [0.3, 0.4) is 0 Å². The fraction of sp³-hybridized carbons (Fsp3) is 0.600. The molecule has 0 amide bonds. The fourth-order valence-corrected chi connectivity index (χ4v) is 4.43. The van der Waals surface area contributed by atoms with Gasteiger partial charge in [0.05, 0.1) is 0 Å². The van der Waals surface area contributed by atoms with Crippen LogP contribution in [0, 0.1) is 23.5 Å². The molecule has 1 fully saturated rings. The molecule has 1 aromatic rings. The molecule has 19 heavy (non-hydrogen) atoms. The summed E-state index contributed by atoms with van der Waals surface area (Å²) in [7, 11) is 1.95. The highest BCUT2D eigenvalue weighted by Gasteiger charge is 2.34. The molecule has 0 heterocycles. The van der Waals surface area contributed by atoms with Crippen LogP contribution in [-0.2, 0) is 0 Å². The molecule has 0 spiro atoms. The van der Waals surface area contributed by atoms with Gasteiger partial charge in [-0.25, -0.2) is 8.78 Å². The molecule has 1 aromatic carbocycles. The van der Waals surface area contributed by atoms with Gasteiger partial charge in [-0.3, -0.25) is 0 Å². The molecule has 4 unspecified atom stereocenters. The highest BCUT2D eigenvalue weighted by molar-refractivity contribution is 8.00. The van der Waals surface area contributed by atoms with Gasteiger partial charge in [0.2, 0.25) is 0 Å². The van der Waals surface area contributed by atoms with Crippen molar-refractivity contribution in [2.45, 2.75) is 42.9 Å². The van der Waals surface area contributed by atoms with Crippen molar-refractivity contribution in [3.05, 3.63) is 29.8 Å². The van der Waals surface area contributed by atoms with Crippen LogP contribution >= 0.6 is 11.8 Å². The van der Waals surface area contributed by atoms with E-state index >= 15 is 0 Å². The lowest BCUT2D eigenvalue weighted by molar-refractivity contribution is 0.257. The first-order valence-electron chi connectivity index (χ1n) is 6.80. The van der Waals surface area contributed by atoms with Crippen LogP contribution < -0.4 is 5.32 Å². The summed E-state index contributed by atoms with van der Waals surface area (Å²) in [5, 5.41) is 3.62. The van der Waals surface area contributed by atoms with Gasteiger partial charge in [-0.2, -0.15) is 0 Å². The molecule has 0 bridgehead atoms. The molecule has 1 aliphatic rings. The third-order valence-corrected chi connectivity index (χ3v) is 5.55. The maximum atomic E-state index is 13.8. The van der Waals surface area contributed by atoms with Crippen LogP contribution in [0.4, 0.5) is 8.78 Å². The number of thioether (sulfide) groups is 1. The molecule has 0 aliphatic heterocycles. The normalized spacial score (nSPS) is 31.4. The van der Waals surface area contributed by atoms with E-state index < -0.39 is 0 Å². The van der Waals surface area contributed by atoms with E-state index in [-0.39, 0.29) is 16.9 Å². The van der Waals surface area contributed by atoms with Crippen molar-refractivity contribution in [1.82, 2.24) is 5.32 Å². The average molecular weight is 285 g/mol. The zero-order chi connectivity index (χ0) is 14.0. The van der Waals surface area contributed by atoms with Crippen molar-refractivity contribution >= 4 is 11.8 Å². The molecule has 0 saturated heterocycles. The zero-order valence-electron chi connectivity index (χ0n) is 11.6. The minimum absolute atomic E-state index is 0.289. The third kappa shape index (κ3) is 3.48. The summed E-state index contributed by atoms with van der Waals surface area (Å²) in [5.41, 5.74) is 0. The van der Waals surface area contributed by atoms with Gasteiger partial charge in [0.15, 0.2) is 0 Å². The Hall–Kier alpha value is -0.610. The molecule has 1 N–H and O–H groups in total. The molecule has 0 radical (unpaired) electrons. The van der Waals surface area contributed by atoms with Crippen LogP contribution in [0.2, 0.25) is 0 Å². The Morgan fingerprint density at radius 2 is 1.95 bits per heavy atom. The highest BCUT2D eigenvalue weighted by Crippen LogP contribution is 2.40. The SMILES string of the molecule is CNC1CC(C)CC(C)C1Sc1cc(F)ccc1F. The first-order valence-corrected chi connectivity index (χ1v) is 7.68. The molecule has 2 rings (SSSR count). The van der Waals surface area contributed by atoms with Crippen LogP contribution in [-0.4, -0.2) is 18.3 Å². The summed E-state index contributed by atoms with van der Waals surface area (Å²) < 4.78 is 27.0. The van der Waals surface area contributed by atoms with Gasteiger partial charge in [0.1, 0.15) is 11.6 Å². The molecular formula is C15H21F2NS. The average Bonchev–Trinajstić information content (AvgIpc) is 2.36. The topological polar surface area (TPSA) is 12.0 Å². The van der Waals surface area contributed by atoms with Gasteiger partial charge in [0.25, 0.3) is 0 Å². The molecule has 106 valence electrons. The second-order valence-electron chi connectivity index (χ2n) is 5.61. The maximum absolute atomic E-state index is 13.8. The number of nitrogens with one attached hydrogen (secondary N) is 1. The minimum atomic E-state index is -0.373. The van der Waals surface area contributed by atoms with Gasteiger partial charge in [-0.15, -0.1) is 11.8 Å². The lowest BCUT2D eigenvalue weighted by Crippen LogP contribution is -2.44. The molecule has 4 atom stereocenters. The fourth-order valence-electron chi connectivity index (χ4n) is 3.02. The lowest BCUT2D eigenvalue weighted by Gasteiger charge is -2.39. The van der Waals surface area contributed by atoms with Crippen molar-refractivity contribution in [3.63, 3.8) is 0 Å². The van der Waals surface area contributed by atoms with Crippen LogP contribution in [0.5, 0.6) is 0 Å². The summed E-state index contributed by atoms with van der Waals surface area (Å²) in [6.07, 6.45) is 2.24. The second kappa shape index (κ2) is 6.23. The second-order valence-corrected chi connectivity index (χ2v) is 6.83. The number of hydrogen-bond donors (Lipinski definition) is 1. The monoisotopic (exact) mass is 285 g/mol. The number of halogens is 2. The van der Waals surface area contributed by atoms with Gasteiger partial charge >= 0.3 is 0 Å². The van der Waals surface area contributed by atoms with Gasteiger partial charge in [0, 0.05) is 16.2 Å². The Kier molecular flexibility index (Phi) is 4.85. The molecular weight excluding hydrogens is 264 g/mol. The quantitative estimate of drug-likeness (QED) is 0.898. The number of hydrogen-bond acceptors (Lipinski definition) is 2. The Morgan fingerprint density at radius 3 is 2.63 bits per heavy atom.